The second-order valence-electron chi connectivity index (χ2n) is 4.14. The predicted octanol–water partition coefficient (Wildman–Crippen LogP) is 3.53. The summed E-state index contributed by atoms with van der Waals surface area (Å²) in [5.41, 5.74) is 2.25. The molecule has 0 nitrogen and oxygen atoms in total. The van der Waals surface area contributed by atoms with Crippen LogP contribution in [0.1, 0.15) is 46.5 Å². The first-order chi connectivity index (χ1) is 4.64. The van der Waals surface area contributed by atoms with Gasteiger partial charge in [0.2, 0.25) is 0 Å². The molecule has 0 N–H and O–H groups in total. The van der Waals surface area contributed by atoms with E-state index in [1.807, 2.05) is 0 Å². The molecule has 0 aliphatic heterocycles. The molecule has 58 valence electrons. The summed E-state index contributed by atoms with van der Waals surface area (Å²) in [6.07, 6.45) is 7.77. The van der Waals surface area contributed by atoms with Crippen molar-refractivity contribution in [3.8, 4) is 0 Å². The Bertz CT molecular complexity index is 140. The summed E-state index contributed by atoms with van der Waals surface area (Å²) < 4.78 is 0. The van der Waals surface area contributed by atoms with E-state index >= 15 is 0 Å². The van der Waals surface area contributed by atoms with Crippen LogP contribution in [0, 0.1) is 5.41 Å². The van der Waals surface area contributed by atoms with Crippen LogP contribution in [0.4, 0.5) is 0 Å². The van der Waals surface area contributed by atoms with Gasteiger partial charge in [0.15, 0.2) is 0 Å². The van der Waals surface area contributed by atoms with Crippen molar-refractivity contribution in [3.63, 3.8) is 0 Å². The van der Waals surface area contributed by atoms with Crippen molar-refractivity contribution in [2.24, 2.45) is 5.41 Å². The summed E-state index contributed by atoms with van der Waals surface area (Å²) in [7, 11) is 0. The number of hydrogen-bond donors (Lipinski definition) is 0. The van der Waals surface area contributed by atoms with E-state index in [4.69, 9.17) is 0 Å². The first-order valence-corrected chi connectivity index (χ1v) is 4.28. The highest BCUT2D eigenvalue weighted by Gasteiger charge is 2.22. The third-order valence-corrected chi connectivity index (χ3v) is 2.47. The molecule has 10 heavy (non-hydrogen) atoms. The van der Waals surface area contributed by atoms with Crippen LogP contribution in [0.15, 0.2) is 11.6 Å². The van der Waals surface area contributed by atoms with Gasteiger partial charge in [-0.05, 0) is 38.0 Å². The molecule has 0 aromatic carbocycles. The summed E-state index contributed by atoms with van der Waals surface area (Å²) in [5, 5.41) is 0. The third kappa shape index (κ3) is 1.86. The van der Waals surface area contributed by atoms with E-state index in [1.54, 1.807) is 5.57 Å². The molecule has 0 amide bonds. The fourth-order valence-electron chi connectivity index (χ4n) is 1.83. The van der Waals surface area contributed by atoms with Gasteiger partial charge in [-0.15, -0.1) is 0 Å². The maximum atomic E-state index is 2.37. The fourth-order valence-corrected chi connectivity index (χ4v) is 1.83. The lowest BCUT2D eigenvalue weighted by atomic mass is 9.75. The van der Waals surface area contributed by atoms with E-state index in [2.05, 4.69) is 26.8 Å². The first kappa shape index (κ1) is 7.84. The van der Waals surface area contributed by atoms with E-state index in [9.17, 15) is 0 Å². The van der Waals surface area contributed by atoms with E-state index in [0.717, 1.165) is 0 Å². The molecule has 0 atom stereocenters. The Morgan fingerprint density at radius 2 is 2.10 bits per heavy atom. The second kappa shape index (κ2) is 2.77. The first-order valence-electron chi connectivity index (χ1n) is 4.28. The van der Waals surface area contributed by atoms with E-state index in [0.29, 0.717) is 5.41 Å². The minimum atomic E-state index is 0.583. The van der Waals surface area contributed by atoms with Crippen molar-refractivity contribution in [3.05, 3.63) is 11.6 Å². The summed E-state index contributed by atoms with van der Waals surface area (Å²) >= 11 is 0. The van der Waals surface area contributed by atoms with Gasteiger partial charge in [-0.2, -0.15) is 0 Å². The molecule has 1 fully saturated rings. The Kier molecular flexibility index (Phi) is 2.18. The predicted molar refractivity (Wildman–Crippen MR) is 46.0 cm³/mol. The highest BCUT2D eigenvalue weighted by atomic mass is 14.3. The zero-order valence-electron chi connectivity index (χ0n) is 7.41. The van der Waals surface area contributed by atoms with Crippen LogP contribution < -0.4 is 0 Å². The van der Waals surface area contributed by atoms with Crippen LogP contribution >= 0.6 is 0 Å². The van der Waals surface area contributed by atoms with Gasteiger partial charge in [-0.3, -0.25) is 0 Å². The van der Waals surface area contributed by atoms with Crippen molar-refractivity contribution in [2.75, 3.05) is 0 Å². The molecule has 0 radical (unpaired) electrons. The van der Waals surface area contributed by atoms with Gasteiger partial charge in [0.05, 0.1) is 0 Å². The quantitative estimate of drug-likeness (QED) is 0.449. The average Bonchev–Trinajstić information content (AvgIpc) is 1.86. The Balaban J connectivity index is 2.56. The van der Waals surface area contributed by atoms with Gasteiger partial charge >= 0.3 is 0 Å². The summed E-state index contributed by atoms with van der Waals surface area (Å²) in [4.78, 5) is 0. The molecule has 0 saturated heterocycles. The zero-order chi connectivity index (χ0) is 7.61. The standard InChI is InChI=1S/C10H18/c1-4-9-6-5-7-10(2,3)8-9/h4H,5-8H2,1-3H3. The van der Waals surface area contributed by atoms with Gasteiger partial charge in [0.1, 0.15) is 0 Å². The minimum Gasteiger partial charge on any atom is -0.0884 e. The molecule has 1 aliphatic carbocycles. The van der Waals surface area contributed by atoms with Gasteiger partial charge in [0, 0.05) is 0 Å². The molecule has 0 heteroatoms. The minimum absolute atomic E-state index is 0.583. The SMILES string of the molecule is CC=C1CCCC(C)(C)C1. The van der Waals surface area contributed by atoms with Crippen LogP contribution in [0.25, 0.3) is 0 Å². The maximum Gasteiger partial charge on any atom is -0.0269 e. The monoisotopic (exact) mass is 138 g/mol. The van der Waals surface area contributed by atoms with Crippen molar-refractivity contribution >= 4 is 0 Å². The Morgan fingerprint density at radius 1 is 1.40 bits per heavy atom. The molecule has 0 heterocycles. The average molecular weight is 138 g/mol. The van der Waals surface area contributed by atoms with E-state index < -0.39 is 0 Å². The van der Waals surface area contributed by atoms with Crippen LogP contribution in [0.5, 0.6) is 0 Å². The topological polar surface area (TPSA) is 0 Å². The van der Waals surface area contributed by atoms with Crippen LogP contribution in [-0.4, -0.2) is 0 Å². The Morgan fingerprint density at radius 3 is 2.50 bits per heavy atom. The molecule has 0 unspecified atom stereocenters. The molecule has 1 rings (SSSR count). The van der Waals surface area contributed by atoms with Gasteiger partial charge in [0.25, 0.3) is 0 Å². The van der Waals surface area contributed by atoms with Crippen molar-refractivity contribution in [1.29, 1.82) is 0 Å². The Labute approximate surface area is 64.3 Å². The lowest BCUT2D eigenvalue weighted by Gasteiger charge is -2.31. The molecule has 0 aromatic rings. The third-order valence-electron chi connectivity index (χ3n) is 2.47. The van der Waals surface area contributed by atoms with Gasteiger partial charge in [-0.1, -0.05) is 25.5 Å². The number of hydrogen-bond acceptors (Lipinski definition) is 0. The summed E-state index contributed by atoms with van der Waals surface area (Å²) in [6, 6.07) is 0. The molecular weight excluding hydrogens is 120 g/mol. The summed E-state index contributed by atoms with van der Waals surface area (Å²) in [5.74, 6) is 0. The van der Waals surface area contributed by atoms with Gasteiger partial charge in [-0.25, -0.2) is 0 Å². The summed E-state index contributed by atoms with van der Waals surface area (Å²) in [6.45, 7) is 6.90. The highest BCUT2D eigenvalue weighted by molar-refractivity contribution is 5.06. The normalized spacial score (nSPS) is 28.9. The van der Waals surface area contributed by atoms with Crippen molar-refractivity contribution < 1.29 is 0 Å². The van der Waals surface area contributed by atoms with Crippen LogP contribution in [-0.2, 0) is 0 Å². The maximum absolute atomic E-state index is 2.37. The smallest absolute Gasteiger partial charge is 0.0269 e. The number of rotatable bonds is 0. The molecule has 0 aromatic heterocycles. The van der Waals surface area contributed by atoms with E-state index in [-0.39, 0.29) is 0 Å². The molecular formula is C10H18. The Hall–Kier alpha value is -0.260. The van der Waals surface area contributed by atoms with Crippen molar-refractivity contribution in [2.45, 2.75) is 46.5 Å². The van der Waals surface area contributed by atoms with E-state index in [1.165, 1.54) is 25.7 Å². The molecule has 0 spiro atoms. The second-order valence-corrected chi connectivity index (χ2v) is 4.14. The van der Waals surface area contributed by atoms with Crippen LogP contribution in [0.2, 0.25) is 0 Å². The molecule has 1 saturated carbocycles. The largest absolute Gasteiger partial charge is 0.0884 e. The number of allylic oxidation sites excluding steroid dienone is 2. The lowest BCUT2D eigenvalue weighted by molar-refractivity contribution is 0.289. The van der Waals surface area contributed by atoms with Gasteiger partial charge < -0.3 is 0 Å². The molecule has 0 bridgehead atoms. The highest BCUT2D eigenvalue weighted by Crippen LogP contribution is 2.37. The molecule has 1 aliphatic rings. The van der Waals surface area contributed by atoms with Crippen molar-refractivity contribution in [1.82, 2.24) is 0 Å². The zero-order valence-corrected chi connectivity index (χ0v) is 7.41. The fraction of sp³-hybridized carbons (Fsp3) is 0.800. The van der Waals surface area contributed by atoms with Crippen LogP contribution in [0.3, 0.4) is 0 Å². The lowest BCUT2D eigenvalue weighted by Crippen LogP contribution is -2.16.